The van der Waals surface area contributed by atoms with Crippen molar-refractivity contribution in [3.8, 4) is 17.1 Å². The molecule has 6 heteroatoms. The number of nitrogens with zero attached hydrogens (tertiary/aromatic N) is 1. The minimum absolute atomic E-state index is 0.0282. The van der Waals surface area contributed by atoms with Crippen LogP contribution in [0.5, 0.6) is 5.75 Å². The van der Waals surface area contributed by atoms with Gasteiger partial charge in [0.2, 0.25) is 5.91 Å². The highest BCUT2D eigenvalue weighted by Gasteiger charge is 2.50. The molecular formula is C24H22N2O4. The first kappa shape index (κ1) is 18.5. The van der Waals surface area contributed by atoms with Crippen molar-refractivity contribution in [2.45, 2.75) is 18.3 Å². The van der Waals surface area contributed by atoms with Crippen molar-refractivity contribution in [1.82, 2.24) is 4.90 Å². The normalized spacial score (nSPS) is 20.2. The number of carbonyl (C=O) groups excluding carboxylic acids is 2. The molecule has 1 saturated heterocycles. The lowest BCUT2D eigenvalue weighted by molar-refractivity contribution is -0.122. The molecule has 1 unspecified atom stereocenters. The number of para-hydroxylation sites is 1. The van der Waals surface area contributed by atoms with Crippen molar-refractivity contribution >= 4 is 17.5 Å². The molecule has 0 bridgehead atoms. The molecule has 3 heterocycles. The summed E-state index contributed by atoms with van der Waals surface area (Å²) in [5.74, 6) is 1.45. The van der Waals surface area contributed by atoms with Crippen LogP contribution in [0.15, 0.2) is 65.1 Å². The number of amides is 2. The number of hydrogen-bond acceptors (Lipinski definition) is 4. The Labute approximate surface area is 174 Å². The Hall–Kier alpha value is -3.54. The summed E-state index contributed by atoms with van der Waals surface area (Å²) in [5.41, 5.74) is 2.01. The molecule has 2 amide bonds. The highest BCUT2D eigenvalue weighted by Crippen LogP contribution is 2.43. The van der Waals surface area contributed by atoms with Gasteiger partial charge in [-0.2, -0.15) is 0 Å². The molecule has 1 aromatic heterocycles. The topological polar surface area (TPSA) is 71.8 Å². The highest BCUT2D eigenvalue weighted by atomic mass is 16.5. The van der Waals surface area contributed by atoms with Gasteiger partial charge in [-0.3, -0.25) is 9.59 Å². The number of anilines is 1. The number of piperidine rings is 1. The van der Waals surface area contributed by atoms with E-state index >= 15 is 0 Å². The number of hydrogen-bond donors (Lipinski definition) is 1. The quantitative estimate of drug-likeness (QED) is 0.717. The van der Waals surface area contributed by atoms with E-state index in [1.807, 2.05) is 48.5 Å². The number of ether oxygens (including phenoxy) is 1. The Bertz CT molecular complexity index is 1120. The monoisotopic (exact) mass is 402 g/mol. The smallest absolute Gasteiger partial charge is 0.289 e. The third-order valence-corrected chi connectivity index (χ3v) is 6.10. The van der Waals surface area contributed by atoms with E-state index in [0.29, 0.717) is 18.8 Å². The molecule has 0 radical (unpaired) electrons. The van der Waals surface area contributed by atoms with Crippen LogP contribution in [0.4, 0.5) is 5.69 Å². The average molecular weight is 402 g/mol. The van der Waals surface area contributed by atoms with Crippen molar-refractivity contribution in [3.63, 3.8) is 0 Å². The van der Waals surface area contributed by atoms with E-state index in [1.54, 1.807) is 24.1 Å². The molecule has 2 aromatic carbocycles. The number of benzene rings is 2. The molecule has 1 spiro atoms. The Morgan fingerprint density at radius 2 is 1.90 bits per heavy atom. The first-order valence-electron chi connectivity index (χ1n) is 10.1. The van der Waals surface area contributed by atoms with Gasteiger partial charge in [0.1, 0.15) is 11.5 Å². The first-order valence-corrected chi connectivity index (χ1v) is 10.1. The number of rotatable bonds is 3. The summed E-state index contributed by atoms with van der Waals surface area (Å²) < 4.78 is 11.1. The van der Waals surface area contributed by atoms with Gasteiger partial charge in [0.15, 0.2) is 5.76 Å². The maximum absolute atomic E-state index is 13.2. The van der Waals surface area contributed by atoms with E-state index in [1.165, 1.54) is 0 Å². The van der Waals surface area contributed by atoms with Gasteiger partial charge in [0.25, 0.3) is 5.91 Å². The lowest BCUT2D eigenvalue weighted by Crippen LogP contribution is -2.51. The van der Waals surface area contributed by atoms with Crippen molar-refractivity contribution < 1.29 is 18.7 Å². The molecule has 0 aliphatic carbocycles. The highest BCUT2D eigenvalue weighted by molar-refractivity contribution is 6.07. The fourth-order valence-corrected chi connectivity index (χ4v) is 4.53. The van der Waals surface area contributed by atoms with Crippen LogP contribution in [0.1, 0.15) is 29.0 Å². The summed E-state index contributed by atoms with van der Waals surface area (Å²) in [7, 11) is 1.62. The molecule has 6 nitrogen and oxygen atoms in total. The van der Waals surface area contributed by atoms with Crippen LogP contribution >= 0.6 is 0 Å². The Morgan fingerprint density at radius 1 is 1.10 bits per heavy atom. The van der Waals surface area contributed by atoms with E-state index in [2.05, 4.69) is 5.32 Å². The average Bonchev–Trinajstić information content (AvgIpc) is 3.38. The lowest BCUT2D eigenvalue weighted by atomic mass is 9.75. The zero-order chi connectivity index (χ0) is 20.7. The van der Waals surface area contributed by atoms with Crippen LogP contribution in [0, 0.1) is 0 Å². The van der Waals surface area contributed by atoms with Gasteiger partial charge >= 0.3 is 0 Å². The molecule has 1 fully saturated rings. The number of carbonyl (C=O) groups is 2. The summed E-state index contributed by atoms with van der Waals surface area (Å²) in [6.07, 6.45) is 1.49. The molecule has 1 atom stereocenters. The Balaban J connectivity index is 1.39. The van der Waals surface area contributed by atoms with Crippen molar-refractivity contribution in [1.29, 1.82) is 0 Å². The zero-order valence-corrected chi connectivity index (χ0v) is 16.7. The minimum atomic E-state index is -0.685. The summed E-state index contributed by atoms with van der Waals surface area (Å²) in [5, 5.41) is 2.98. The van der Waals surface area contributed by atoms with Crippen LogP contribution in [0.2, 0.25) is 0 Å². The van der Waals surface area contributed by atoms with Crippen molar-refractivity contribution in [3.05, 3.63) is 72.0 Å². The second-order valence-electron chi connectivity index (χ2n) is 7.80. The van der Waals surface area contributed by atoms with Crippen molar-refractivity contribution in [2.75, 3.05) is 25.5 Å². The van der Waals surface area contributed by atoms with Crippen LogP contribution in [0.25, 0.3) is 11.3 Å². The summed E-state index contributed by atoms with van der Waals surface area (Å²) in [6, 6.07) is 18.7. The number of nitrogens with one attached hydrogen (secondary N) is 1. The lowest BCUT2D eigenvalue weighted by Gasteiger charge is -2.38. The fraction of sp³-hybridized carbons (Fsp3) is 0.250. The zero-order valence-electron chi connectivity index (χ0n) is 16.7. The largest absolute Gasteiger partial charge is 0.497 e. The summed E-state index contributed by atoms with van der Waals surface area (Å²) in [4.78, 5) is 27.8. The van der Waals surface area contributed by atoms with E-state index < -0.39 is 5.41 Å². The Kier molecular flexibility index (Phi) is 4.35. The van der Waals surface area contributed by atoms with Crippen LogP contribution in [-0.4, -0.2) is 36.9 Å². The second kappa shape index (κ2) is 7.06. The minimum Gasteiger partial charge on any atom is -0.497 e. The molecule has 2 aliphatic heterocycles. The van der Waals surface area contributed by atoms with Crippen LogP contribution in [0.3, 0.4) is 0 Å². The van der Waals surface area contributed by atoms with Gasteiger partial charge < -0.3 is 19.4 Å². The van der Waals surface area contributed by atoms with E-state index in [9.17, 15) is 9.59 Å². The number of fused-ring (bicyclic) bond motifs is 2. The third kappa shape index (κ3) is 2.87. The SMILES string of the molecule is COc1ccc(-c2ccc(C(=O)N3CCCC4(C3)C(=O)Nc3ccccc34)o2)cc1. The first-order chi connectivity index (χ1) is 14.6. The molecule has 1 N–H and O–H groups in total. The van der Waals surface area contributed by atoms with Gasteiger partial charge in [-0.15, -0.1) is 0 Å². The summed E-state index contributed by atoms with van der Waals surface area (Å²) in [6.45, 7) is 0.960. The van der Waals surface area contributed by atoms with Crippen LogP contribution in [-0.2, 0) is 10.2 Å². The van der Waals surface area contributed by atoms with Gasteiger partial charge in [0.05, 0.1) is 12.5 Å². The maximum Gasteiger partial charge on any atom is 0.289 e. The van der Waals surface area contributed by atoms with Gasteiger partial charge in [0, 0.05) is 24.3 Å². The number of methoxy groups -OCH3 is 1. The molecule has 30 heavy (non-hydrogen) atoms. The molecule has 5 rings (SSSR count). The maximum atomic E-state index is 13.2. The predicted octanol–water partition coefficient (Wildman–Crippen LogP) is 4.08. The van der Waals surface area contributed by atoms with E-state index in [4.69, 9.17) is 9.15 Å². The predicted molar refractivity (Wildman–Crippen MR) is 113 cm³/mol. The molecule has 0 saturated carbocycles. The van der Waals surface area contributed by atoms with Gasteiger partial charge in [-0.05, 0) is 60.9 Å². The number of furan rings is 1. The summed E-state index contributed by atoms with van der Waals surface area (Å²) >= 11 is 0. The third-order valence-electron chi connectivity index (χ3n) is 6.10. The van der Waals surface area contributed by atoms with E-state index in [-0.39, 0.29) is 17.6 Å². The number of likely N-dealkylation sites (tertiary alicyclic amines) is 1. The van der Waals surface area contributed by atoms with Gasteiger partial charge in [-0.25, -0.2) is 0 Å². The van der Waals surface area contributed by atoms with Crippen molar-refractivity contribution in [2.24, 2.45) is 0 Å². The molecular weight excluding hydrogens is 380 g/mol. The molecule has 152 valence electrons. The van der Waals surface area contributed by atoms with E-state index in [0.717, 1.165) is 35.4 Å². The molecule has 3 aromatic rings. The van der Waals surface area contributed by atoms with Crippen LogP contribution < -0.4 is 10.1 Å². The fourth-order valence-electron chi connectivity index (χ4n) is 4.53. The Morgan fingerprint density at radius 3 is 2.70 bits per heavy atom. The molecule has 2 aliphatic rings. The second-order valence-corrected chi connectivity index (χ2v) is 7.80. The van der Waals surface area contributed by atoms with Gasteiger partial charge in [-0.1, -0.05) is 18.2 Å². The standard InChI is InChI=1S/C24H22N2O4/c1-29-17-9-7-16(8-10-17)20-11-12-21(30-20)22(27)26-14-4-13-24(15-26)18-5-2-3-6-19(18)25-23(24)28/h2-3,5-12H,4,13-15H2,1H3,(H,25,28).